The van der Waals surface area contributed by atoms with Crippen molar-refractivity contribution in [3.63, 3.8) is 0 Å². The molecule has 1 atom stereocenters. The Bertz CT molecular complexity index is 374. The molecule has 0 aromatic rings. The summed E-state index contributed by atoms with van der Waals surface area (Å²) in [6.45, 7) is 2.21. The van der Waals surface area contributed by atoms with E-state index in [9.17, 15) is 0 Å². The highest BCUT2D eigenvalue weighted by molar-refractivity contribution is 4.69. The summed E-state index contributed by atoms with van der Waals surface area (Å²) in [7, 11) is 1.56. The second-order valence-corrected chi connectivity index (χ2v) is 8.83. The van der Waals surface area contributed by atoms with Crippen molar-refractivity contribution in [2.75, 3.05) is 26.9 Å². The lowest BCUT2D eigenvalue weighted by Crippen LogP contribution is -2.36. The van der Waals surface area contributed by atoms with Gasteiger partial charge in [-0.1, -0.05) is 57.8 Å². The van der Waals surface area contributed by atoms with Gasteiger partial charge in [-0.2, -0.15) is 9.78 Å². The minimum absolute atomic E-state index is 0.0263. The molecule has 1 saturated carbocycles. The maximum Gasteiger partial charge on any atom is 0.233 e. The van der Waals surface area contributed by atoms with Crippen LogP contribution in [0.1, 0.15) is 116 Å². The van der Waals surface area contributed by atoms with Gasteiger partial charge in [0.2, 0.25) is 5.79 Å². The molecule has 0 aromatic heterocycles. The van der Waals surface area contributed by atoms with Crippen molar-refractivity contribution < 1.29 is 29.0 Å². The van der Waals surface area contributed by atoms with Crippen LogP contribution in [0.25, 0.3) is 0 Å². The molecule has 0 N–H and O–H groups in total. The lowest BCUT2D eigenvalue weighted by molar-refractivity contribution is -0.509. The Morgan fingerprint density at radius 3 is 1.93 bits per heavy atom. The predicted molar refractivity (Wildman–Crippen MR) is 117 cm³/mol. The van der Waals surface area contributed by atoms with E-state index in [-0.39, 0.29) is 6.29 Å². The number of hydrogen-bond donors (Lipinski definition) is 0. The maximum absolute atomic E-state index is 5.83. The number of hydrogen-bond acceptors (Lipinski definition) is 6. The maximum atomic E-state index is 5.83. The van der Waals surface area contributed by atoms with Crippen LogP contribution in [0.2, 0.25) is 0 Å². The van der Waals surface area contributed by atoms with E-state index in [1.165, 1.54) is 57.8 Å². The van der Waals surface area contributed by atoms with Crippen molar-refractivity contribution in [1.82, 2.24) is 0 Å². The number of rotatable bonds is 12. The first-order chi connectivity index (χ1) is 14.8. The fourth-order valence-electron chi connectivity index (χ4n) is 4.31. The molecule has 1 unspecified atom stereocenters. The Morgan fingerprint density at radius 2 is 1.33 bits per heavy atom. The summed E-state index contributed by atoms with van der Waals surface area (Å²) >= 11 is 0. The molecule has 2 fully saturated rings. The van der Waals surface area contributed by atoms with Crippen LogP contribution in [0.4, 0.5) is 0 Å². The zero-order valence-electron chi connectivity index (χ0n) is 19.4. The van der Waals surface area contributed by atoms with Gasteiger partial charge in [-0.3, -0.25) is 0 Å². The summed E-state index contributed by atoms with van der Waals surface area (Å²) in [5, 5.41) is 0. The van der Waals surface area contributed by atoms with Crippen molar-refractivity contribution in [1.29, 1.82) is 0 Å². The third kappa shape index (κ3) is 12.0. The van der Waals surface area contributed by atoms with E-state index in [2.05, 4.69) is 0 Å². The summed E-state index contributed by atoms with van der Waals surface area (Å²) in [4.78, 5) is 22.1. The first-order valence-corrected chi connectivity index (χ1v) is 12.6. The van der Waals surface area contributed by atoms with Crippen molar-refractivity contribution in [3.8, 4) is 0 Å². The SMILES string of the molecule is COOC1(OOCCCCCCOC2CCCCO2)CCCCCCCCCCC1. The van der Waals surface area contributed by atoms with Gasteiger partial charge in [0.25, 0.3) is 0 Å². The van der Waals surface area contributed by atoms with Gasteiger partial charge in [0.05, 0.1) is 13.7 Å². The van der Waals surface area contributed by atoms with E-state index in [1.54, 1.807) is 7.11 Å². The van der Waals surface area contributed by atoms with Gasteiger partial charge in [0.1, 0.15) is 0 Å². The molecule has 0 aromatic carbocycles. The largest absolute Gasteiger partial charge is 0.353 e. The van der Waals surface area contributed by atoms with Crippen molar-refractivity contribution in [2.24, 2.45) is 0 Å². The van der Waals surface area contributed by atoms with Crippen molar-refractivity contribution in [3.05, 3.63) is 0 Å². The lowest BCUT2D eigenvalue weighted by atomic mass is 9.97. The van der Waals surface area contributed by atoms with Gasteiger partial charge in [0.15, 0.2) is 6.29 Å². The van der Waals surface area contributed by atoms with E-state index < -0.39 is 5.79 Å². The van der Waals surface area contributed by atoms with Crippen molar-refractivity contribution >= 4 is 0 Å². The molecule has 0 radical (unpaired) electrons. The standard InChI is InChI=1S/C24H46O6/c1-25-29-24(18-12-7-5-3-2-4-6-8-13-19-24)30-28-22-15-10-9-14-20-26-23-17-11-16-21-27-23/h23H,2-22H2,1H3. The van der Waals surface area contributed by atoms with Crippen LogP contribution in [-0.2, 0) is 29.0 Å². The lowest BCUT2D eigenvalue weighted by Gasteiger charge is -2.30. The van der Waals surface area contributed by atoms with E-state index in [0.29, 0.717) is 6.61 Å². The van der Waals surface area contributed by atoms with Crippen molar-refractivity contribution in [2.45, 2.75) is 128 Å². The summed E-state index contributed by atoms with van der Waals surface area (Å²) in [5.74, 6) is -0.762. The molecular weight excluding hydrogens is 384 g/mol. The molecule has 30 heavy (non-hydrogen) atoms. The number of unbranched alkanes of at least 4 members (excludes halogenated alkanes) is 3. The third-order valence-corrected chi connectivity index (χ3v) is 6.13. The Kier molecular flexibility index (Phi) is 15.0. The fraction of sp³-hybridized carbons (Fsp3) is 1.00. The van der Waals surface area contributed by atoms with E-state index in [0.717, 1.165) is 71.0 Å². The molecule has 1 aliphatic carbocycles. The predicted octanol–water partition coefficient (Wildman–Crippen LogP) is 6.62. The highest BCUT2D eigenvalue weighted by Gasteiger charge is 2.34. The molecule has 1 saturated heterocycles. The van der Waals surface area contributed by atoms with Gasteiger partial charge in [-0.25, -0.2) is 9.78 Å². The Hall–Kier alpha value is -0.240. The number of ether oxygens (including phenoxy) is 2. The van der Waals surface area contributed by atoms with E-state index in [1.807, 2.05) is 0 Å². The average Bonchev–Trinajstić information content (AvgIpc) is 2.76. The molecule has 2 rings (SSSR count). The van der Waals surface area contributed by atoms with Gasteiger partial charge in [-0.05, 0) is 44.9 Å². The quantitative estimate of drug-likeness (QED) is 0.150. The van der Waals surface area contributed by atoms with Crippen LogP contribution >= 0.6 is 0 Å². The molecule has 0 amide bonds. The van der Waals surface area contributed by atoms with Crippen LogP contribution in [0.3, 0.4) is 0 Å². The first-order valence-electron chi connectivity index (χ1n) is 12.6. The second-order valence-electron chi connectivity index (χ2n) is 8.83. The molecule has 1 aliphatic heterocycles. The van der Waals surface area contributed by atoms with Gasteiger partial charge >= 0.3 is 0 Å². The monoisotopic (exact) mass is 430 g/mol. The summed E-state index contributed by atoms with van der Waals surface area (Å²) in [6.07, 6.45) is 20.6. The Labute approximate surface area is 184 Å². The molecule has 6 heteroatoms. The Balaban J connectivity index is 1.56. The topological polar surface area (TPSA) is 55.4 Å². The molecule has 0 bridgehead atoms. The summed E-state index contributed by atoms with van der Waals surface area (Å²) in [6, 6.07) is 0. The van der Waals surface area contributed by atoms with Gasteiger partial charge in [-0.15, -0.1) is 0 Å². The average molecular weight is 431 g/mol. The van der Waals surface area contributed by atoms with E-state index in [4.69, 9.17) is 29.0 Å². The summed E-state index contributed by atoms with van der Waals surface area (Å²) in [5.41, 5.74) is 0. The fourth-order valence-corrected chi connectivity index (χ4v) is 4.31. The van der Waals surface area contributed by atoms with E-state index >= 15 is 0 Å². The van der Waals surface area contributed by atoms with Gasteiger partial charge in [0, 0.05) is 26.1 Å². The molecular formula is C24H46O6. The highest BCUT2D eigenvalue weighted by atomic mass is 17.3. The minimum Gasteiger partial charge on any atom is -0.353 e. The second kappa shape index (κ2) is 17.3. The normalized spacial score (nSPS) is 24.1. The zero-order valence-corrected chi connectivity index (χ0v) is 19.4. The molecule has 178 valence electrons. The van der Waals surface area contributed by atoms with Crippen LogP contribution in [0.15, 0.2) is 0 Å². The molecule has 0 spiro atoms. The Morgan fingerprint density at radius 1 is 0.700 bits per heavy atom. The molecule has 6 nitrogen and oxygen atoms in total. The third-order valence-electron chi connectivity index (χ3n) is 6.13. The zero-order chi connectivity index (χ0) is 21.2. The smallest absolute Gasteiger partial charge is 0.233 e. The highest BCUT2D eigenvalue weighted by Crippen LogP contribution is 2.30. The minimum atomic E-state index is -0.762. The summed E-state index contributed by atoms with van der Waals surface area (Å²) < 4.78 is 11.4. The van der Waals surface area contributed by atoms with Crippen LogP contribution in [0, 0.1) is 0 Å². The molecule has 2 aliphatic rings. The van der Waals surface area contributed by atoms with Crippen LogP contribution < -0.4 is 0 Å². The first kappa shape index (κ1) is 26.0. The van der Waals surface area contributed by atoms with Gasteiger partial charge < -0.3 is 9.47 Å². The molecule has 1 heterocycles. The van der Waals surface area contributed by atoms with Crippen LogP contribution in [0.5, 0.6) is 0 Å². The van der Waals surface area contributed by atoms with Crippen LogP contribution in [-0.4, -0.2) is 39.0 Å².